The second kappa shape index (κ2) is 7.51. The van der Waals surface area contributed by atoms with Crippen molar-refractivity contribution in [2.24, 2.45) is 0 Å². The Morgan fingerprint density at radius 3 is 2.61 bits per heavy atom. The van der Waals surface area contributed by atoms with Crippen molar-refractivity contribution in [3.8, 4) is 0 Å². The molecule has 0 fully saturated rings. The molecule has 4 rings (SSSR count). The molecule has 3 N–H and O–H groups in total. The van der Waals surface area contributed by atoms with Crippen molar-refractivity contribution in [3.05, 3.63) is 82.4 Å². The lowest BCUT2D eigenvalue weighted by atomic mass is 10.0. The van der Waals surface area contributed by atoms with E-state index in [4.69, 9.17) is 0 Å². The van der Waals surface area contributed by atoms with E-state index >= 15 is 0 Å². The lowest BCUT2D eigenvalue weighted by Crippen LogP contribution is -2.06. The minimum Gasteiger partial charge on any atom is -0.478 e. The Bertz CT molecular complexity index is 1370. The molecule has 0 aliphatic carbocycles. The number of aromatic amines is 1. The SMILES string of the molecule is Cc1c(C(=O)O)c[nH]c1/C=C1\C(=O)Nc2ccc(S(=O)(=O)Cc3ccccc3F)cc21. The number of amides is 1. The van der Waals surface area contributed by atoms with Gasteiger partial charge in [-0.3, -0.25) is 4.79 Å². The summed E-state index contributed by atoms with van der Waals surface area (Å²) >= 11 is 0. The lowest BCUT2D eigenvalue weighted by Gasteiger charge is -2.08. The smallest absolute Gasteiger partial charge is 0.337 e. The molecule has 0 radical (unpaired) electrons. The number of fused-ring (bicyclic) bond motifs is 1. The standard InChI is InChI=1S/C22H17FN2O5S/c1-12-17(22(27)28)10-24-20(12)9-16-15-8-14(6-7-19(15)25-21(16)26)31(29,30)11-13-4-2-3-5-18(13)23/h2-10,24H,11H2,1H3,(H,25,26)(H,27,28)/b16-9-. The third kappa shape index (κ3) is 3.75. The third-order valence-corrected chi connectivity index (χ3v) is 6.80. The van der Waals surface area contributed by atoms with Crippen LogP contribution in [0.15, 0.2) is 53.6 Å². The Morgan fingerprint density at radius 1 is 1.19 bits per heavy atom. The van der Waals surface area contributed by atoms with Gasteiger partial charge < -0.3 is 15.4 Å². The zero-order valence-electron chi connectivity index (χ0n) is 16.3. The normalized spacial score (nSPS) is 14.5. The van der Waals surface area contributed by atoms with Crippen molar-refractivity contribution >= 4 is 39.1 Å². The van der Waals surface area contributed by atoms with Gasteiger partial charge >= 0.3 is 5.97 Å². The van der Waals surface area contributed by atoms with Gasteiger partial charge in [-0.15, -0.1) is 0 Å². The number of carboxylic acid groups (broad SMARTS) is 1. The van der Waals surface area contributed by atoms with E-state index in [1.165, 1.54) is 48.7 Å². The van der Waals surface area contributed by atoms with Gasteiger partial charge in [0.15, 0.2) is 9.84 Å². The number of carbonyl (C=O) groups is 2. The van der Waals surface area contributed by atoms with Crippen molar-refractivity contribution in [1.29, 1.82) is 0 Å². The van der Waals surface area contributed by atoms with Gasteiger partial charge in [-0.25, -0.2) is 17.6 Å². The first-order valence-corrected chi connectivity index (χ1v) is 10.9. The maximum atomic E-state index is 13.9. The first kappa shape index (κ1) is 20.5. The number of anilines is 1. The highest BCUT2D eigenvalue weighted by atomic mass is 32.2. The monoisotopic (exact) mass is 440 g/mol. The fourth-order valence-electron chi connectivity index (χ4n) is 3.44. The maximum Gasteiger partial charge on any atom is 0.337 e. The first-order chi connectivity index (χ1) is 14.7. The van der Waals surface area contributed by atoms with Crippen LogP contribution in [0.2, 0.25) is 0 Å². The van der Waals surface area contributed by atoms with Crippen molar-refractivity contribution < 1.29 is 27.5 Å². The van der Waals surface area contributed by atoms with Gasteiger partial charge in [0.2, 0.25) is 0 Å². The number of aromatic nitrogens is 1. The third-order valence-electron chi connectivity index (χ3n) is 5.14. The van der Waals surface area contributed by atoms with E-state index in [0.717, 1.165) is 0 Å². The number of carbonyl (C=O) groups excluding carboxylic acids is 1. The van der Waals surface area contributed by atoms with Crippen LogP contribution in [0, 0.1) is 12.7 Å². The van der Waals surface area contributed by atoms with Crippen molar-refractivity contribution in [3.63, 3.8) is 0 Å². The molecule has 1 aliphatic heterocycles. The van der Waals surface area contributed by atoms with Crippen LogP contribution in [0.25, 0.3) is 11.6 Å². The maximum absolute atomic E-state index is 13.9. The molecular weight excluding hydrogens is 423 g/mol. The number of benzene rings is 2. The summed E-state index contributed by atoms with van der Waals surface area (Å²) < 4.78 is 39.7. The molecule has 2 aromatic carbocycles. The number of sulfone groups is 1. The minimum atomic E-state index is -3.88. The zero-order chi connectivity index (χ0) is 22.3. The molecule has 9 heteroatoms. The van der Waals surface area contributed by atoms with E-state index in [1.807, 2.05) is 0 Å². The summed E-state index contributed by atoms with van der Waals surface area (Å²) in [5.74, 6) is -2.67. The first-order valence-electron chi connectivity index (χ1n) is 9.22. The summed E-state index contributed by atoms with van der Waals surface area (Å²) in [7, 11) is -3.88. The van der Waals surface area contributed by atoms with Crippen LogP contribution in [0.1, 0.15) is 32.7 Å². The molecule has 0 saturated carbocycles. The molecule has 0 unspecified atom stereocenters. The number of nitrogens with one attached hydrogen (secondary N) is 2. The quantitative estimate of drug-likeness (QED) is 0.524. The van der Waals surface area contributed by atoms with Gasteiger partial charge in [0.1, 0.15) is 5.82 Å². The number of aromatic carboxylic acids is 1. The van der Waals surface area contributed by atoms with E-state index in [0.29, 0.717) is 22.5 Å². The Kier molecular flexibility index (Phi) is 4.98. The highest BCUT2D eigenvalue weighted by Crippen LogP contribution is 2.36. The number of rotatable bonds is 5. The largest absolute Gasteiger partial charge is 0.478 e. The average molecular weight is 440 g/mol. The Labute approximate surface area is 177 Å². The van der Waals surface area contributed by atoms with Crippen LogP contribution in [0.4, 0.5) is 10.1 Å². The molecule has 0 saturated heterocycles. The van der Waals surface area contributed by atoms with Crippen LogP contribution >= 0.6 is 0 Å². The predicted octanol–water partition coefficient (Wildman–Crippen LogP) is 3.63. The topological polar surface area (TPSA) is 116 Å². The summed E-state index contributed by atoms with van der Waals surface area (Å²) in [5.41, 5.74) is 2.00. The van der Waals surface area contributed by atoms with Gasteiger partial charge in [-0.05, 0) is 42.8 Å². The van der Waals surface area contributed by atoms with Crippen molar-refractivity contribution in [1.82, 2.24) is 4.98 Å². The zero-order valence-corrected chi connectivity index (χ0v) is 17.1. The highest BCUT2D eigenvalue weighted by Gasteiger charge is 2.28. The molecule has 158 valence electrons. The summed E-state index contributed by atoms with van der Waals surface area (Å²) in [6.45, 7) is 1.61. The van der Waals surface area contributed by atoms with Crippen molar-refractivity contribution in [2.45, 2.75) is 17.6 Å². The molecule has 31 heavy (non-hydrogen) atoms. The minimum absolute atomic E-state index is 0.0497. The summed E-state index contributed by atoms with van der Waals surface area (Å²) in [6, 6.07) is 9.85. The molecule has 3 aromatic rings. The number of carboxylic acids is 1. The van der Waals surface area contributed by atoms with Crippen LogP contribution in [-0.4, -0.2) is 30.4 Å². The molecular formula is C22H17FN2O5S. The second-order valence-electron chi connectivity index (χ2n) is 7.12. The molecule has 0 spiro atoms. The molecule has 1 amide bonds. The highest BCUT2D eigenvalue weighted by molar-refractivity contribution is 7.90. The lowest BCUT2D eigenvalue weighted by molar-refractivity contribution is -0.110. The van der Waals surface area contributed by atoms with Crippen LogP contribution < -0.4 is 5.32 Å². The fourth-order valence-corrected chi connectivity index (χ4v) is 4.82. The molecule has 1 aliphatic rings. The van der Waals surface area contributed by atoms with Gasteiger partial charge in [0.25, 0.3) is 5.91 Å². The van der Waals surface area contributed by atoms with Gasteiger partial charge in [0, 0.05) is 28.7 Å². The molecule has 7 nitrogen and oxygen atoms in total. The van der Waals surface area contributed by atoms with E-state index in [-0.39, 0.29) is 21.6 Å². The van der Waals surface area contributed by atoms with E-state index in [9.17, 15) is 27.5 Å². The second-order valence-corrected chi connectivity index (χ2v) is 9.11. The number of H-pyrrole nitrogens is 1. The Hall–Kier alpha value is -3.72. The van der Waals surface area contributed by atoms with Gasteiger partial charge in [-0.1, -0.05) is 18.2 Å². The summed E-state index contributed by atoms with van der Waals surface area (Å²) in [4.78, 5) is 26.5. The summed E-state index contributed by atoms with van der Waals surface area (Å²) in [6.07, 6.45) is 2.81. The number of hydrogen-bond donors (Lipinski definition) is 3. The fraction of sp³-hybridized carbons (Fsp3) is 0.0909. The van der Waals surface area contributed by atoms with E-state index in [2.05, 4.69) is 10.3 Å². The van der Waals surface area contributed by atoms with E-state index in [1.54, 1.807) is 13.0 Å². The molecule has 2 heterocycles. The van der Waals surface area contributed by atoms with Gasteiger partial charge in [-0.2, -0.15) is 0 Å². The molecule has 0 bridgehead atoms. The predicted molar refractivity (Wildman–Crippen MR) is 113 cm³/mol. The molecule has 0 atom stereocenters. The Balaban J connectivity index is 1.75. The number of halogens is 1. The average Bonchev–Trinajstić information content (AvgIpc) is 3.23. The van der Waals surface area contributed by atoms with Gasteiger partial charge in [0.05, 0.1) is 21.8 Å². The van der Waals surface area contributed by atoms with E-state index < -0.39 is 33.3 Å². The molecule has 1 aromatic heterocycles. The van der Waals surface area contributed by atoms with Crippen LogP contribution in [0.3, 0.4) is 0 Å². The Morgan fingerprint density at radius 2 is 1.94 bits per heavy atom. The van der Waals surface area contributed by atoms with Crippen LogP contribution in [0.5, 0.6) is 0 Å². The number of hydrogen-bond acceptors (Lipinski definition) is 4. The van der Waals surface area contributed by atoms with Crippen molar-refractivity contribution in [2.75, 3.05) is 5.32 Å². The van der Waals surface area contributed by atoms with Crippen LogP contribution in [-0.2, 0) is 20.4 Å². The summed E-state index contributed by atoms with van der Waals surface area (Å²) in [5, 5.41) is 11.9.